The second-order valence-electron chi connectivity index (χ2n) is 5.19. The summed E-state index contributed by atoms with van der Waals surface area (Å²) in [5, 5.41) is 3.52. The summed E-state index contributed by atoms with van der Waals surface area (Å²) < 4.78 is 5.42. The van der Waals surface area contributed by atoms with Crippen molar-refractivity contribution in [3.05, 3.63) is 0 Å². The molecule has 2 aliphatic rings. The first-order chi connectivity index (χ1) is 7.86. The molecule has 0 bridgehead atoms. The molecule has 16 heavy (non-hydrogen) atoms. The van der Waals surface area contributed by atoms with Crippen LogP contribution in [0.1, 0.15) is 32.6 Å². The molecule has 1 aliphatic carbocycles. The molecule has 1 saturated carbocycles. The van der Waals surface area contributed by atoms with Crippen LogP contribution in [-0.4, -0.2) is 50.3 Å². The van der Waals surface area contributed by atoms with Crippen molar-refractivity contribution in [3.8, 4) is 0 Å². The van der Waals surface area contributed by atoms with Gasteiger partial charge in [-0.3, -0.25) is 4.90 Å². The number of nitrogens with one attached hydrogen (secondary N) is 1. The second kappa shape index (κ2) is 5.99. The summed E-state index contributed by atoms with van der Waals surface area (Å²) in [6, 6.07) is 1.40. The van der Waals surface area contributed by atoms with E-state index in [4.69, 9.17) is 4.74 Å². The molecule has 2 atom stereocenters. The Bertz CT molecular complexity index is 200. The van der Waals surface area contributed by atoms with E-state index in [1.54, 1.807) is 0 Å². The number of hydrogen-bond acceptors (Lipinski definition) is 3. The third-order valence-electron chi connectivity index (χ3n) is 4.03. The van der Waals surface area contributed by atoms with Crippen LogP contribution in [0.25, 0.3) is 0 Å². The molecule has 2 rings (SSSR count). The van der Waals surface area contributed by atoms with Crippen molar-refractivity contribution < 1.29 is 4.74 Å². The Hall–Kier alpha value is -0.120. The standard InChI is InChI=1S/C13H26N2O/c1-3-15(12-5-4-8-14-9-12)13(10-16-2)11-6-7-11/h11-14H,3-10H2,1-2H3. The Morgan fingerprint density at radius 1 is 1.38 bits per heavy atom. The Kier molecular flexibility index (Phi) is 4.62. The third kappa shape index (κ3) is 2.96. The molecule has 1 saturated heterocycles. The summed E-state index contributed by atoms with van der Waals surface area (Å²) in [7, 11) is 1.84. The van der Waals surface area contributed by atoms with E-state index in [-0.39, 0.29) is 0 Å². The van der Waals surface area contributed by atoms with Crippen molar-refractivity contribution in [3.63, 3.8) is 0 Å². The fourth-order valence-electron chi connectivity index (χ4n) is 3.03. The summed E-state index contributed by atoms with van der Waals surface area (Å²) in [6.07, 6.45) is 5.49. The molecule has 3 nitrogen and oxygen atoms in total. The highest BCUT2D eigenvalue weighted by molar-refractivity contribution is 4.92. The van der Waals surface area contributed by atoms with Crippen molar-refractivity contribution >= 4 is 0 Å². The first-order valence-electron chi connectivity index (χ1n) is 6.82. The topological polar surface area (TPSA) is 24.5 Å². The van der Waals surface area contributed by atoms with Gasteiger partial charge < -0.3 is 10.1 Å². The SMILES string of the molecule is CCN(C1CCCNC1)C(COC)C1CC1. The number of rotatable bonds is 6. The molecule has 0 aromatic carbocycles. The second-order valence-corrected chi connectivity index (χ2v) is 5.19. The van der Waals surface area contributed by atoms with E-state index in [2.05, 4.69) is 17.1 Å². The van der Waals surface area contributed by atoms with Crippen molar-refractivity contribution in [2.45, 2.75) is 44.7 Å². The number of nitrogens with zero attached hydrogens (tertiary/aromatic N) is 1. The molecule has 2 fully saturated rings. The molecule has 0 amide bonds. The van der Waals surface area contributed by atoms with Crippen LogP contribution in [0, 0.1) is 5.92 Å². The number of ether oxygens (including phenoxy) is 1. The van der Waals surface area contributed by atoms with Gasteiger partial charge in [-0.1, -0.05) is 6.92 Å². The zero-order valence-corrected chi connectivity index (χ0v) is 10.7. The summed E-state index contributed by atoms with van der Waals surface area (Å²) in [6.45, 7) is 6.73. The van der Waals surface area contributed by atoms with Crippen LogP contribution in [0.15, 0.2) is 0 Å². The van der Waals surface area contributed by atoms with Crippen molar-refractivity contribution in [1.82, 2.24) is 10.2 Å². The van der Waals surface area contributed by atoms with E-state index in [9.17, 15) is 0 Å². The number of hydrogen-bond donors (Lipinski definition) is 1. The molecule has 2 unspecified atom stereocenters. The normalized spacial score (nSPS) is 28.3. The van der Waals surface area contributed by atoms with Gasteiger partial charge in [0.25, 0.3) is 0 Å². The number of methoxy groups -OCH3 is 1. The van der Waals surface area contributed by atoms with Crippen LogP contribution < -0.4 is 5.32 Å². The van der Waals surface area contributed by atoms with E-state index in [1.807, 2.05) is 7.11 Å². The highest BCUT2D eigenvalue weighted by Gasteiger charge is 2.37. The van der Waals surface area contributed by atoms with Gasteiger partial charge in [-0.25, -0.2) is 0 Å². The van der Waals surface area contributed by atoms with Gasteiger partial charge in [0, 0.05) is 25.7 Å². The highest BCUT2D eigenvalue weighted by Crippen LogP contribution is 2.36. The van der Waals surface area contributed by atoms with Gasteiger partial charge in [0.15, 0.2) is 0 Å². The first kappa shape index (κ1) is 12.3. The maximum absolute atomic E-state index is 5.42. The van der Waals surface area contributed by atoms with Gasteiger partial charge in [0.2, 0.25) is 0 Å². The lowest BCUT2D eigenvalue weighted by Gasteiger charge is -2.39. The molecule has 1 aliphatic heterocycles. The van der Waals surface area contributed by atoms with Gasteiger partial charge >= 0.3 is 0 Å². The smallest absolute Gasteiger partial charge is 0.0620 e. The van der Waals surface area contributed by atoms with Crippen LogP contribution in [0.3, 0.4) is 0 Å². The highest BCUT2D eigenvalue weighted by atomic mass is 16.5. The average molecular weight is 226 g/mol. The lowest BCUT2D eigenvalue weighted by Crippen LogP contribution is -2.52. The maximum Gasteiger partial charge on any atom is 0.0620 e. The van der Waals surface area contributed by atoms with E-state index < -0.39 is 0 Å². The molecule has 0 aromatic heterocycles. The minimum absolute atomic E-state index is 0.667. The van der Waals surface area contributed by atoms with Gasteiger partial charge in [-0.15, -0.1) is 0 Å². The Morgan fingerprint density at radius 3 is 2.69 bits per heavy atom. The first-order valence-corrected chi connectivity index (χ1v) is 6.82. The summed E-state index contributed by atoms with van der Waals surface area (Å²) in [5.41, 5.74) is 0. The zero-order chi connectivity index (χ0) is 11.4. The largest absolute Gasteiger partial charge is 0.383 e. The van der Waals surface area contributed by atoms with Crippen molar-refractivity contribution in [2.24, 2.45) is 5.92 Å². The van der Waals surface area contributed by atoms with Crippen LogP contribution in [-0.2, 0) is 4.74 Å². The summed E-state index contributed by atoms with van der Waals surface area (Å²) in [5.74, 6) is 0.904. The van der Waals surface area contributed by atoms with E-state index in [0.717, 1.165) is 25.1 Å². The molecule has 94 valence electrons. The van der Waals surface area contributed by atoms with Crippen LogP contribution >= 0.6 is 0 Å². The lowest BCUT2D eigenvalue weighted by atomic mass is 10.0. The van der Waals surface area contributed by atoms with Crippen LogP contribution in [0.5, 0.6) is 0 Å². The molecule has 0 radical (unpaired) electrons. The summed E-state index contributed by atoms with van der Waals surface area (Å²) in [4.78, 5) is 2.69. The Balaban J connectivity index is 1.94. The van der Waals surface area contributed by atoms with Crippen LogP contribution in [0.4, 0.5) is 0 Å². The average Bonchev–Trinajstić information content (AvgIpc) is 3.14. The minimum atomic E-state index is 0.667. The minimum Gasteiger partial charge on any atom is -0.383 e. The van der Waals surface area contributed by atoms with Gasteiger partial charge in [0.1, 0.15) is 0 Å². The quantitative estimate of drug-likeness (QED) is 0.742. The summed E-state index contributed by atoms with van der Waals surface area (Å²) >= 11 is 0. The maximum atomic E-state index is 5.42. The fourth-order valence-corrected chi connectivity index (χ4v) is 3.03. The molecule has 1 heterocycles. The molecular formula is C13H26N2O. The van der Waals surface area contributed by atoms with Crippen LogP contribution in [0.2, 0.25) is 0 Å². The van der Waals surface area contributed by atoms with Crippen molar-refractivity contribution in [2.75, 3.05) is 33.4 Å². The molecule has 0 spiro atoms. The number of likely N-dealkylation sites (N-methyl/N-ethyl adjacent to an activating group) is 1. The lowest BCUT2D eigenvalue weighted by molar-refractivity contribution is 0.0439. The third-order valence-corrected chi connectivity index (χ3v) is 4.03. The van der Waals surface area contributed by atoms with Gasteiger partial charge in [0.05, 0.1) is 6.61 Å². The van der Waals surface area contributed by atoms with Crippen molar-refractivity contribution in [1.29, 1.82) is 0 Å². The van der Waals surface area contributed by atoms with E-state index in [1.165, 1.54) is 38.8 Å². The van der Waals surface area contributed by atoms with E-state index >= 15 is 0 Å². The Labute approximate surface area is 99.5 Å². The molecule has 1 N–H and O–H groups in total. The monoisotopic (exact) mass is 226 g/mol. The van der Waals surface area contributed by atoms with E-state index in [0.29, 0.717) is 6.04 Å². The molecule has 3 heteroatoms. The zero-order valence-electron chi connectivity index (χ0n) is 10.7. The fraction of sp³-hybridized carbons (Fsp3) is 1.00. The molecule has 0 aromatic rings. The van der Waals surface area contributed by atoms with Gasteiger partial charge in [-0.05, 0) is 44.7 Å². The molecular weight excluding hydrogens is 200 g/mol. The predicted molar refractivity (Wildman–Crippen MR) is 66.7 cm³/mol. The predicted octanol–water partition coefficient (Wildman–Crippen LogP) is 1.49. The van der Waals surface area contributed by atoms with Gasteiger partial charge in [-0.2, -0.15) is 0 Å². The number of piperidine rings is 1. The Morgan fingerprint density at radius 2 is 2.19 bits per heavy atom.